The van der Waals surface area contributed by atoms with Crippen LogP contribution >= 0.6 is 0 Å². The van der Waals surface area contributed by atoms with Crippen LogP contribution in [0, 0.1) is 22.7 Å². The molecule has 0 spiro atoms. The molecule has 0 aromatic heterocycles. The zero-order valence-electron chi connectivity index (χ0n) is 11.6. The lowest BCUT2D eigenvalue weighted by atomic mass is 9.68. The fourth-order valence-corrected chi connectivity index (χ4v) is 3.25. The quantitative estimate of drug-likeness (QED) is 0.635. The van der Waals surface area contributed by atoms with Gasteiger partial charge in [-0.2, -0.15) is 0 Å². The second-order valence-electron chi connectivity index (χ2n) is 7.46. The predicted molar refractivity (Wildman–Crippen MR) is 65.9 cm³/mol. The van der Waals surface area contributed by atoms with E-state index in [0.717, 1.165) is 12.5 Å². The lowest BCUT2D eigenvalue weighted by molar-refractivity contribution is 0.0704. The van der Waals surface area contributed by atoms with Crippen LogP contribution in [0.15, 0.2) is 0 Å². The molecule has 1 heteroatoms. The topological polar surface area (TPSA) is 9.23 Å². The molecule has 15 heavy (non-hydrogen) atoms. The first kappa shape index (κ1) is 13.0. The molecular weight excluding hydrogens is 184 g/mol. The summed E-state index contributed by atoms with van der Waals surface area (Å²) >= 11 is 0. The highest BCUT2D eigenvalue weighted by Gasteiger charge is 2.42. The van der Waals surface area contributed by atoms with E-state index in [9.17, 15) is 0 Å². The highest BCUT2D eigenvalue weighted by atomic mass is 16.5. The Morgan fingerprint density at radius 3 is 2.00 bits per heavy atom. The van der Waals surface area contributed by atoms with E-state index < -0.39 is 0 Å². The van der Waals surface area contributed by atoms with Gasteiger partial charge in [0.25, 0.3) is 0 Å². The Morgan fingerprint density at radius 1 is 1.07 bits per heavy atom. The van der Waals surface area contributed by atoms with Crippen LogP contribution in [-0.2, 0) is 4.74 Å². The van der Waals surface area contributed by atoms with Crippen LogP contribution in [0.4, 0.5) is 0 Å². The van der Waals surface area contributed by atoms with Gasteiger partial charge in [-0.05, 0) is 36.0 Å². The van der Waals surface area contributed by atoms with Crippen LogP contribution in [0.25, 0.3) is 0 Å². The summed E-state index contributed by atoms with van der Waals surface area (Å²) in [6.45, 7) is 17.2. The first-order chi connectivity index (χ1) is 6.61. The molecular formula is C14H28O. The second kappa shape index (κ2) is 4.08. The minimum Gasteiger partial charge on any atom is -0.378 e. The van der Waals surface area contributed by atoms with Gasteiger partial charge < -0.3 is 4.74 Å². The van der Waals surface area contributed by atoms with Crippen LogP contribution in [0.1, 0.15) is 54.9 Å². The van der Waals surface area contributed by atoms with Gasteiger partial charge in [0.05, 0.1) is 12.7 Å². The van der Waals surface area contributed by atoms with E-state index in [2.05, 4.69) is 48.5 Å². The summed E-state index contributed by atoms with van der Waals surface area (Å²) in [6.07, 6.45) is 1.71. The average molecular weight is 212 g/mol. The van der Waals surface area contributed by atoms with Crippen LogP contribution in [0.5, 0.6) is 0 Å². The Kier molecular flexibility index (Phi) is 3.55. The third-order valence-corrected chi connectivity index (χ3v) is 3.46. The van der Waals surface area contributed by atoms with Gasteiger partial charge in [0, 0.05) is 0 Å². The molecule has 0 bridgehead atoms. The summed E-state index contributed by atoms with van der Waals surface area (Å²) in [5, 5.41) is 0. The van der Waals surface area contributed by atoms with Gasteiger partial charge in [-0.25, -0.2) is 0 Å². The Balaban J connectivity index is 2.73. The van der Waals surface area contributed by atoms with Crippen LogP contribution < -0.4 is 0 Å². The lowest BCUT2D eigenvalue weighted by Gasteiger charge is -2.36. The standard InChI is InChI=1S/C14H28O/c1-10-12(14(5,6)7)11(9-15-10)8-13(2,3)4/h10-12H,8-9H2,1-7H3/t10-,11?,12+/m0/s1. The molecule has 3 atom stereocenters. The largest absolute Gasteiger partial charge is 0.378 e. The van der Waals surface area contributed by atoms with Gasteiger partial charge in [-0.15, -0.1) is 0 Å². The maximum Gasteiger partial charge on any atom is 0.0583 e. The maximum atomic E-state index is 5.85. The first-order valence-corrected chi connectivity index (χ1v) is 6.23. The molecule has 1 heterocycles. The Hall–Kier alpha value is -0.0400. The zero-order valence-corrected chi connectivity index (χ0v) is 11.6. The molecule has 0 radical (unpaired) electrons. The van der Waals surface area contributed by atoms with Crippen molar-refractivity contribution >= 4 is 0 Å². The highest BCUT2D eigenvalue weighted by molar-refractivity contribution is 4.90. The van der Waals surface area contributed by atoms with Gasteiger partial charge in [0.1, 0.15) is 0 Å². The number of ether oxygens (including phenoxy) is 1. The second-order valence-corrected chi connectivity index (χ2v) is 7.46. The smallest absolute Gasteiger partial charge is 0.0583 e. The van der Waals surface area contributed by atoms with Crippen molar-refractivity contribution in [1.82, 2.24) is 0 Å². The molecule has 1 fully saturated rings. The van der Waals surface area contributed by atoms with Crippen LogP contribution in [-0.4, -0.2) is 12.7 Å². The fraction of sp³-hybridized carbons (Fsp3) is 1.00. The molecule has 1 aliphatic heterocycles. The average Bonchev–Trinajstić information content (AvgIpc) is 2.25. The van der Waals surface area contributed by atoms with Crippen molar-refractivity contribution in [2.45, 2.75) is 61.0 Å². The number of hydrogen-bond donors (Lipinski definition) is 0. The van der Waals surface area contributed by atoms with Crippen molar-refractivity contribution in [1.29, 1.82) is 0 Å². The minimum atomic E-state index is 0.367. The lowest BCUT2D eigenvalue weighted by Crippen LogP contribution is -2.33. The molecule has 1 unspecified atom stereocenters. The highest BCUT2D eigenvalue weighted by Crippen LogP contribution is 2.44. The van der Waals surface area contributed by atoms with Gasteiger partial charge in [0.2, 0.25) is 0 Å². The van der Waals surface area contributed by atoms with Gasteiger partial charge in [0.15, 0.2) is 0 Å². The zero-order chi connectivity index (χ0) is 11.9. The molecule has 1 saturated heterocycles. The van der Waals surface area contributed by atoms with E-state index >= 15 is 0 Å². The number of hydrogen-bond acceptors (Lipinski definition) is 1. The summed E-state index contributed by atoms with van der Waals surface area (Å²) in [7, 11) is 0. The van der Waals surface area contributed by atoms with Crippen molar-refractivity contribution in [3.05, 3.63) is 0 Å². The summed E-state index contributed by atoms with van der Waals surface area (Å²) in [5.41, 5.74) is 0.785. The summed E-state index contributed by atoms with van der Waals surface area (Å²) in [4.78, 5) is 0. The van der Waals surface area contributed by atoms with E-state index in [0.29, 0.717) is 22.9 Å². The van der Waals surface area contributed by atoms with E-state index in [1.165, 1.54) is 6.42 Å². The summed E-state index contributed by atoms with van der Waals surface area (Å²) in [6, 6.07) is 0. The molecule has 1 rings (SSSR count). The monoisotopic (exact) mass is 212 g/mol. The molecule has 0 aromatic carbocycles. The molecule has 0 N–H and O–H groups in total. The molecule has 0 aliphatic carbocycles. The SMILES string of the molecule is C[C@@H]1OCC(CC(C)(C)C)[C@@H]1C(C)(C)C. The van der Waals surface area contributed by atoms with Gasteiger partial charge in [-0.3, -0.25) is 0 Å². The summed E-state index contributed by atoms with van der Waals surface area (Å²) < 4.78 is 5.85. The Labute approximate surface area is 95.6 Å². The predicted octanol–water partition coefficient (Wildman–Crippen LogP) is 4.12. The number of rotatable bonds is 1. The van der Waals surface area contributed by atoms with E-state index in [1.54, 1.807) is 0 Å². The van der Waals surface area contributed by atoms with Crippen LogP contribution in [0.2, 0.25) is 0 Å². The molecule has 1 aliphatic rings. The normalized spacial score (nSPS) is 33.4. The third-order valence-electron chi connectivity index (χ3n) is 3.46. The van der Waals surface area contributed by atoms with Crippen LogP contribution in [0.3, 0.4) is 0 Å². The molecule has 0 aromatic rings. The fourth-order valence-electron chi connectivity index (χ4n) is 3.25. The molecule has 0 amide bonds. The minimum absolute atomic E-state index is 0.367. The molecule has 0 saturated carbocycles. The van der Waals surface area contributed by atoms with E-state index in [-0.39, 0.29) is 0 Å². The van der Waals surface area contributed by atoms with Crippen molar-refractivity contribution in [2.75, 3.05) is 6.61 Å². The van der Waals surface area contributed by atoms with Crippen molar-refractivity contribution in [3.63, 3.8) is 0 Å². The maximum absolute atomic E-state index is 5.85. The van der Waals surface area contributed by atoms with E-state index in [1.807, 2.05) is 0 Å². The van der Waals surface area contributed by atoms with Gasteiger partial charge >= 0.3 is 0 Å². The Bertz CT molecular complexity index is 206. The van der Waals surface area contributed by atoms with Gasteiger partial charge in [-0.1, -0.05) is 41.5 Å². The van der Waals surface area contributed by atoms with Crippen molar-refractivity contribution < 1.29 is 4.74 Å². The summed E-state index contributed by atoms with van der Waals surface area (Å²) in [5.74, 6) is 1.44. The van der Waals surface area contributed by atoms with Crippen molar-refractivity contribution in [2.24, 2.45) is 22.7 Å². The molecule has 90 valence electrons. The molecule has 1 nitrogen and oxygen atoms in total. The van der Waals surface area contributed by atoms with Crippen molar-refractivity contribution in [3.8, 4) is 0 Å². The van der Waals surface area contributed by atoms with E-state index in [4.69, 9.17) is 4.74 Å². The Morgan fingerprint density at radius 2 is 1.60 bits per heavy atom. The third kappa shape index (κ3) is 3.48. The first-order valence-electron chi connectivity index (χ1n) is 6.23.